The van der Waals surface area contributed by atoms with Crippen LogP contribution in [0.5, 0.6) is 0 Å². The topological polar surface area (TPSA) is 47.6 Å². The Kier molecular flexibility index (Phi) is 6.17. The summed E-state index contributed by atoms with van der Waals surface area (Å²) in [5.74, 6) is -3.03. The zero-order chi connectivity index (χ0) is 11.4. The molecule has 0 aliphatic carbocycles. The molecule has 14 heavy (non-hydrogen) atoms. The number of rotatable bonds is 5. The minimum atomic E-state index is -2.62. The van der Waals surface area contributed by atoms with E-state index in [1.807, 2.05) is 13.8 Å². The van der Waals surface area contributed by atoms with Gasteiger partial charge in [0.1, 0.15) is 6.04 Å². The molecule has 0 aliphatic rings. The van der Waals surface area contributed by atoms with Gasteiger partial charge in [-0.2, -0.15) is 0 Å². The van der Waals surface area contributed by atoms with Crippen LogP contribution in [0.25, 0.3) is 0 Å². The number of methoxy groups -OCH3 is 1. The maximum atomic E-state index is 11.0. The Hall–Kier alpha value is 0.330. The molecule has 0 fully saturated rings. The molecule has 0 heterocycles. The highest BCUT2D eigenvalue weighted by Gasteiger charge is 2.23. The molecule has 0 saturated carbocycles. The maximum Gasteiger partial charge on any atom is 0.322 e. The lowest BCUT2D eigenvalue weighted by molar-refractivity contribution is -0.142. The molecule has 0 bridgehead atoms. The predicted octanol–water partition coefficient (Wildman–Crippen LogP) is 2.03. The molecule has 0 spiro atoms. The van der Waals surface area contributed by atoms with Gasteiger partial charge in [-0.05, 0) is 43.8 Å². The molecular formula is C7H15ClNO3PS. The van der Waals surface area contributed by atoms with Crippen LogP contribution in [0.2, 0.25) is 0 Å². The van der Waals surface area contributed by atoms with Crippen molar-refractivity contribution >= 4 is 34.8 Å². The van der Waals surface area contributed by atoms with Crippen LogP contribution < -0.4 is 5.09 Å². The predicted molar refractivity (Wildman–Crippen MR) is 61.0 cm³/mol. The second-order valence-electron chi connectivity index (χ2n) is 3.01. The molecule has 0 aromatic carbocycles. The lowest BCUT2D eigenvalue weighted by Gasteiger charge is -2.21. The average molecular weight is 260 g/mol. The number of hydrogen-bond acceptors (Lipinski definition) is 4. The SMILES string of the molecule is COC(=O)[C@H](C)NP(=S)(Cl)OC(C)C. The zero-order valence-electron chi connectivity index (χ0n) is 8.61. The number of carbonyl (C=O) groups excluding carboxylic acids is 1. The molecular weight excluding hydrogens is 245 g/mol. The zero-order valence-corrected chi connectivity index (χ0v) is 11.1. The molecule has 7 heteroatoms. The van der Waals surface area contributed by atoms with Crippen molar-refractivity contribution in [1.29, 1.82) is 0 Å². The molecule has 0 saturated heterocycles. The van der Waals surface area contributed by atoms with Crippen molar-refractivity contribution in [3.63, 3.8) is 0 Å². The fraction of sp³-hybridized carbons (Fsp3) is 0.857. The van der Waals surface area contributed by atoms with Crippen molar-refractivity contribution < 1.29 is 14.1 Å². The van der Waals surface area contributed by atoms with E-state index in [1.54, 1.807) is 6.92 Å². The normalized spacial score (nSPS) is 17.6. The fourth-order valence-electron chi connectivity index (χ4n) is 0.762. The van der Waals surface area contributed by atoms with Crippen molar-refractivity contribution in [3.05, 3.63) is 0 Å². The highest BCUT2D eigenvalue weighted by Crippen LogP contribution is 2.49. The van der Waals surface area contributed by atoms with E-state index in [1.165, 1.54) is 7.11 Å². The molecule has 0 aromatic rings. The Morgan fingerprint density at radius 3 is 2.36 bits per heavy atom. The number of hydrogen-bond donors (Lipinski definition) is 1. The first-order valence-corrected chi connectivity index (χ1v) is 7.74. The summed E-state index contributed by atoms with van der Waals surface area (Å²) in [6.07, 6.45) is -0.0734. The lowest BCUT2D eigenvalue weighted by Crippen LogP contribution is -2.32. The molecule has 0 aromatic heterocycles. The molecule has 1 N–H and O–H groups in total. The smallest absolute Gasteiger partial charge is 0.322 e. The second-order valence-corrected chi connectivity index (χ2v) is 8.01. The van der Waals surface area contributed by atoms with Gasteiger partial charge in [-0.3, -0.25) is 4.79 Å². The van der Waals surface area contributed by atoms with Gasteiger partial charge in [0.05, 0.1) is 13.2 Å². The average Bonchev–Trinajstić information content (AvgIpc) is 1.99. The summed E-state index contributed by atoms with van der Waals surface area (Å²) in [6, 6.07) is -0.554. The molecule has 0 rings (SSSR count). The largest absolute Gasteiger partial charge is 0.468 e. The van der Waals surface area contributed by atoms with Crippen LogP contribution in [0.15, 0.2) is 0 Å². The van der Waals surface area contributed by atoms with E-state index in [0.717, 1.165) is 0 Å². The molecule has 0 aliphatic heterocycles. The first-order chi connectivity index (χ1) is 6.28. The van der Waals surface area contributed by atoms with Crippen LogP contribution in [-0.4, -0.2) is 25.2 Å². The van der Waals surface area contributed by atoms with Crippen LogP contribution in [-0.2, 0) is 25.9 Å². The van der Waals surface area contributed by atoms with Gasteiger partial charge in [0.2, 0.25) is 5.77 Å². The molecule has 0 radical (unpaired) electrons. The number of ether oxygens (including phenoxy) is 1. The fourth-order valence-corrected chi connectivity index (χ4v) is 3.84. The summed E-state index contributed by atoms with van der Waals surface area (Å²) < 4.78 is 9.79. The minimum absolute atomic E-state index is 0.0734. The molecule has 1 unspecified atom stereocenters. The van der Waals surface area contributed by atoms with Gasteiger partial charge in [0, 0.05) is 0 Å². The quantitative estimate of drug-likeness (QED) is 0.605. The van der Waals surface area contributed by atoms with Gasteiger partial charge in [-0.15, -0.1) is 0 Å². The van der Waals surface area contributed by atoms with E-state index >= 15 is 0 Å². The van der Waals surface area contributed by atoms with E-state index in [4.69, 9.17) is 27.6 Å². The molecule has 0 amide bonds. The Balaban J connectivity index is 4.22. The molecule has 84 valence electrons. The second kappa shape index (κ2) is 6.03. The Morgan fingerprint density at radius 1 is 1.50 bits per heavy atom. The maximum absolute atomic E-state index is 11.0. The van der Waals surface area contributed by atoms with Gasteiger partial charge >= 0.3 is 5.97 Å². The number of halogens is 1. The third-order valence-corrected chi connectivity index (χ3v) is 3.74. The highest BCUT2D eigenvalue weighted by molar-refractivity contribution is 8.23. The summed E-state index contributed by atoms with van der Waals surface area (Å²) in [5.41, 5.74) is 0. The summed E-state index contributed by atoms with van der Waals surface area (Å²) in [5, 5.41) is 2.73. The number of nitrogens with one attached hydrogen (secondary N) is 1. The lowest BCUT2D eigenvalue weighted by atomic mass is 10.4. The van der Waals surface area contributed by atoms with Gasteiger partial charge < -0.3 is 9.26 Å². The van der Waals surface area contributed by atoms with E-state index in [9.17, 15) is 4.79 Å². The first-order valence-electron chi connectivity index (χ1n) is 4.12. The van der Waals surface area contributed by atoms with Crippen molar-refractivity contribution in [2.45, 2.75) is 32.9 Å². The third kappa shape index (κ3) is 5.94. The summed E-state index contributed by atoms with van der Waals surface area (Å²) >= 11 is 10.9. The monoisotopic (exact) mass is 259 g/mol. The summed E-state index contributed by atoms with van der Waals surface area (Å²) in [6.45, 7) is 5.28. The standard InChI is InChI=1S/C7H15ClNO3PS/c1-5(2)12-13(8,14)9-6(3)7(10)11-4/h5-6H,1-4H3,(H,9,14)/t6-,13?/m0/s1. The molecule has 4 nitrogen and oxygen atoms in total. The first kappa shape index (κ1) is 14.3. The molecule has 2 atom stereocenters. The Labute approximate surface area is 94.2 Å². The van der Waals surface area contributed by atoms with Crippen LogP contribution in [0.3, 0.4) is 0 Å². The van der Waals surface area contributed by atoms with Crippen LogP contribution in [0.1, 0.15) is 20.8 Å². The van der Waals surface area contributed by atoms with E-state index in [2.05, 4.69) is 9.82 Å². The Bertz CT molecular complexity index is 249. The van der Waals surface area contributed by atoms with Crippen molar-refractivity contribution in [3.8, 4) is 0 Å². The number of carbonyl (C=O) groups is 1. The van der Waals surface area contributed by atoms with Crippen molar-refractivity contribution in [2.75, 3.05) is 7.11 Å². The van der Waals surface area contributed by atoms with E-state index in [0.29, 0.717) is 0 Å². The van der Waals surface area contributed by atoms with Gasteiger partial charge in [-0.1, -0.05) is 0 Å². The van der Waals surface area contributed by atoms with E-state index < -0.39 is 17.8 Å². The summed E-state index contributed by atoms with van der Waals surface area (Å²) in [4.78, 5) is 11.0. The van der Waals surface area contributed by atoms with Gasteiger partial charge in [-0.25, -0.2) is 5.09 Å². The van der Waals surface area contributed by atoms with Gasteiger partial charge in [0.25, 0.3) is 0 Å². The Morgan fingerprint density at radius 2 is 2.00 bits per heavy atom. The highest BCUT2D eigenvalue weighted by atomic mass is 35.7. The van der Waals surface area contributed by atoms with Crippen LogP contribution in [0, 0.1) is 0 Å². The number of esters is 1. The summed E-state index contributed by atoms with van der Waals surface area (Å²) in [7, 11) is 1.31. The van der Waals surface area contributed by atoms with Crippen LogP contribution >= 0.6 is 17.0 Å². The van der Waals surface area contributed by atoms with Crippen molar-refractivity contribution in [2.24, 2.45) is 0 Å². The van der Waals surface area contributed by atoms with Gasteiger partial charge in [0.15, 0.2) is 0 Å². The third-order valence-electron chi connectivity index (χ3n) is 1.25. The van der Waals surface area contributed by atoms with Crippen LogP contribution in [0.4, 0.5) is 0 Å². The van der Waals surface area contributed by atoms with E-state index in [-0.39, 0.29) is 6.10 Å². The van der Waals surface area contributed by atoms with Crippen molar-refractivity contribution in [1.82, 2.24) is 5.09 Å². The minimum Gasteiger partial charge on any atom is -0.468 e.